The maximum absolute atomic E-state index is 12.6. The Morgan fingerprint density at radius 3 is 2.08 bits per heavy atom. The van der Waals surface area contributed by atoms with Crippen LogP contribution in [0.25, 0.3) is 0 Å². The minimum absolute atomic E-state index is 0.0338. The van der Waals surface area contributed by atoms with E-state index in [1.165, 1.54) is 18.5 Å². The monoisotopic (exact) mass is 331 g/mol. The van der Waals surface area contributed by atoms with Crippen molar-refractivity contribution in [1.29, 1.82) is 0 Å². The lowest BCUT2D eigenvalue weighted by Crippen LogP contribution is -2.50. The second kappa shape index (κ2) is 7.55. The number of rotatable bonds is 3. The quantitative estimate of drug-likeness (QED) is 0.852. The van der Waals surface area contributed by atoms with Crippen molar-refractivity contribution in [2.75, 3.05) is 50.8 Å². The zero-order chi connectivity index (χ0) is 16.9. The third kappa shape index (κ3) is 3.63. The second-order valence-corrected chi connectivity index (χ2v) is 6.22. The third-order valence-corrected chi connectivity index (χ3v) is 4.68. The van der Waals surface area contributed by atoms with Gasteiger partial charge in [-0.15, -0.1) is 0 Å². The fourth-order valence-corrected chi connectivity index (χ4v) is 3.28. The van der Waals surface area contributed by atoms with E-state index in [9.17, 15) is 9.59 Å². The van der Waals surface area contributed by atoms with Gasteiger partial charge in [-0.05, 0) is 44.0 Å². The van der Waals surface area contributed by atoms with Crippen molar-refractivity contribution < 1.29 is 14.3 Å². The van der Waals surface area contributed by atoms with E-state index in [2.05, 4.69) is 4.90 Å². The fourth-order valence-electron chi connectivity index (χ4n) is 3.28. The molecule has 3 rings (SSSR count). The Balaban J connectivity index is 1.56. The van der Waals surface area contributed by atoms with Crippen molar-refractivity contribution >= 4 is 17.7 Å². The van der Waals surface area contributed by atoms with E-state index in [1.807, 2.05) is 24.3 Å². The highest BCUT2D eigenvalue weighted by Crippen LogP contribution is 2.21. The highest BCUT2D eigenvalue weighted by atomic mass is 16.6. The normalized spacial score (nSPS) is 18.0. The second-order valence-electron chi connectivity index (χ2n) is 6.22. The molecule has 0 aromatic heterocycles. The molecular weight excluding hydrogens is 306 g/mol. The van der Waals surface area contributed by atoms with Crippen LogP contribution in [0, 0.1) is 0 Å². The topological polar surface area (TPSA) is 53.1 Å². The first-order chi connectivity index (χ1) is 11.7. The molecule has 0 spiro atoms. The fraction of sp³-hybridized carbons (Fsp3) is 0.556. The molecule has 6 heteroatoms. The molecule has 0 radical (unpaired) electrons. The van der Waals surface area contributed by atoms with Gasteiger partial charge in [0.25, 0.3) is 5.91 Å². The average molecular weight is 331 g/mol. The molecule has 2 amide bonds. The molecule has 0 N–H and O–H groups in total. The van der Waals surface area contributed by atoms with Gasteiger partial charge in [0.2, 0.25) is 0 Å². The van der Waals surface area contributed by atoms with E-state index in [0.717, 1.165) is 13.1 Å². The number of anilines is 1. The first-order valence-corrected chi connectivity index (χ1v) is 8.75. The minimum atomic E-state index is -0.292. The Kier molecular flexibility index (Phi) is 5.23. The zero-order valence-corrected chi connectivity index (χ0v) is 14.2. The summed E-state index contributed by atoms with van der Waals surface area (Å²) in [6.07, 6.45) is 2.19. The van der Waals surface area contributed by atoms with Gasteiger partial charge in [0, 0.05) is 50.5 Å². The van der Waals surface area contributed by atoms with E-state index in [4.69, 9.17) is 4.74 Å². The smallest absolute Gasteiger partial charge is 0.409 e. The molecule has 2 saturated heterocycles. The van der Waals surface area contributed by atoms with Crippen molar-refractivity contribution in [2.45, 2.75) is 19.8 Å². The summed E-state index contributed by atoms with van der Waals surface area (Å²) in [5.41, 5.74) is 1.90. The number of carbonyl (C=O) groups excluding carboxylic acids is 2. The van der Waals surface area contributed by atoms with Crippen molar-refractivity contribution in [3.8, 4) is 0 Å². The van der Waals surface area contributed by atoms with Gasteiger partial charge in [0.05, 0.1) is 6.61 Å². The Labute approximate surface area is 143 Å². The Morgan fingerprint density at radius 1 is 0.917 bits per heavy atom. The Morgan fingerprint density at radius 2 is 1.50 bits per heavy atom. The predicted octanol–water partition coefficient (Wildman–Crippen LogP) is 2.20. The molecule has 6 nitrogen and oxygen atoms in total. The van der Waals surface area contributed by atoms with E-state index >= 15 is 0 Å². The number of ether oxygens (including phenoxy) is 1. The van der Waals surface area contributed by atoms with Crippen LogP contribution in [0.2, 0.25) is 0 Å². The minimum Gasteiger partial charge on any atom is -0.450 e. The summed E-state index contributed by atoms with van der Waals surface area (Å²) in [6.45, 7) is 6.51. The van der Waals surface area contributed by atoms with Gasteiger partial charge in [-0.3, -0.25) is 4.79 Å². The summed E-state index contributed by atoms with van der Waals surface area (Å²) in [5, 5.41) is 0. The van der Waals surface area contributed by atoms with Gasteiger partial charge in [-0.2, -0.15) is 0 Å². The van der Waals surface area contributed by atoms with E-state index in [1.54, 1.807) is 16.7 Å². The van der Waals surface area contributed by atoms with Crippen LogP contribution in [0.3, 0.4) is 0 Å². The van der Waals surface area contributed by atoms with Crippen molar-refractivity contribution in [3.63, 3.8) is 0 Å². The van der Waals surface area contributed by atoms with Gasteiger partial charge in [-0.25, -0.2) is 4.79 Å². The summed E-state index contributed by atoms with van der Waals surface area (Å²) < 4.78 is 5.00. The maximum Gasteiger partial charge on any atom is 0.409 e. The molecule has 0 atom stereocenters. The summed E-state index contributed by atoms with van der Waals surface area (Å²) in [5.74, 6) is 0.0338. The number of amides is 2. The Bertz CT molecular complexity index is 574. The van der Waals surface area contributed by atoms with Crippen LogP contribution in [0.5, 0.6) is 0 Å². The van der Waals surface area contributed by atoms with Crippen LogP contribution in [-0.4, -0.2) is 67.7 Å². The van der Waals surface area contributed by atoms with Crippen LogP contribution in [0.1, 0.15) is 30.1 Å². The maximum atomic E-state index is 12.6. The van der Waals surface area contributed by atoms with Crippen molar-refractivity contribution in [1.82, 2.24) is 9.80 Å². The van der Waals surface area contributed by atoms with Crippen LogP contribution in [-0.2, 0) is 4.74 Å². The Hall–Kier alpha value is -2.24. The molecule has 2 fully saturated rings. The largest absolute Gasteiger partial charge is 0.450 e. The summed E-state index contributed by atoms with van der Waals surface area (Å²) >= 11 is 0. The highest BCUT2D eigenvalue weighted by Gasteiger charge is 2.25. The summed E-state index contributed by atoms with van der Waals surface area (Å²) in [4.78, 5) is 30.1. The predicted molar refractivity (Wildman–Crippen MR) is 92.4 cm³/mol. The number of hydrogen-bond acceptors (Lipinski definition) is 4. The molecule has 0 saturated carbocycles. The number of nitrogens with zero attached hydrogens (tertiary/aromatic N) is 3. The number of hydrogen-bond donors (Lipinski definition) is 0. The van der Waals surface area contributed by atoms with Crippen LogP contribution >= 0.6 is 0 Å². The van der Waals surface area contributed by atoms with E-state index < -0.39 is 0 Å². The molecule has 1 aromatic rings. The first-order valence-electron chi connectivity index (χ1n) is 8.75. The molecule has 0 bridgehead atoms. The van der Waals surface area contributed by atoms with Crippen molar-refractivity contribution in [2.24, 2.45) is 0 Å². The zero-order valence-electron chi connectivity index (χ0n) is 14.2. The van der Waals surface area contributed by atoms with E-state index in [-0.39, 0.29) is 12.0 Å². The molecular formula is C18H25N3O3. The first kappa shape index (κ1) is 16.6. The van der Waals surface area contributed by atoms with Crippen LogP contribution < -0.4 is 4.90 Å². The van der Waals surface area contributed by atoms with Gasteiger partial charge in [0.15, 0.2) is 0 Å². The SMILES string of the molecule is CCOC(=O)N1CCN(C(=O)c2ccc(N3CCCC3)cc2)CC1. The lowest BCUT2D eigenvalue weighted by molar-refractivity contribution is 0.0570. The van der Waals surface area contributed by atoms with Gasteiger partial charge in [0.1, 0.15) is 0 Å². The number of piperazine rings is 1. The summed E-state index contributed by atoms with van der Waals surface area (Å²) in [6, 6.07) is 7.89. The van der Waals surface area contributed by atoms with Gasteiger partial charge in [-0.1, -0.05) is 0 Å². The van der Waals surface area contributed by atoms with E-state index in [0.29, 0.717) is 38.3 Å². The summed E-state index contributed by atoms with van der Waals surface area (Å²) in [7, 11) is 0. The van der Waals surface area contributed by atoms with Crippen LogP contribution in [0.4, 0.5) is 10.5 Å². The standard InChI is InChI=1S/C18H25N3O3/c1-2-24-18(23)21-13-11-20(12-14-21)17(22)15-5-7-16(8-6-15)19-9-3-4-10-19/h5-8H,2-4,9-14H2,1H3. The molecule has 0 unspecified atom stereocenters. The lowest BCUT2D eigenvalue weighted by Gasteiger charge is -2.34. The van der Waals surface area contributed by atoms with Crippen LogP contribution in [0.15, 0.2) is 24.3 Å². The number of benzene rings is 1. The third-order valence-electron chi connectivity index (χ3n) is 4.68. The molecule has 2 heterocycles. The average Bonchev–Trinajstić information content (AvgIpc) is 3.16. The molecule has 0 aliphatic carbocycles. The molecule has 2 aliphatic heterocycles. The molecule has 24 heavy (non-hydrogen) atoms. The van der Waals surface area contributed by atoms with Crippen molar-refractivity contribution in [3.05, 3.63) is 29.8 Å². The molecule has 1 aromatic carbocycles. The molecule has 2 aliphatic rings. The van der Waals surface area contributed by atoms with Gasteiger partial charge >= 0.3 is 6.09 Å². The van der Waals surface area contributed by atoms with Gasteiger partial charge < -0.3 is 19.4 Å². The lowest BCUT2D eigenvalue weighted by atomic mass is 10.1. The molecule has 130 valence electrons. The number of carbonyl (C=O) groups is 2. The highest BCUT2D eigenvalue weighted by molar-refractivity contribution is 5.94.